The van der Waals surface area contributed by atoms with E-state index in [0.717, 1.165) is 22.0 Å². The van der Waals surface area contributed by atoms with Crippen molar-refractivity contribution in [3.63, 3.8) is 0 Å². The molecule has 4 aromatic carbocycles. The molecule has 7 rings (SSSR count). The van der Waals surface area contributed by atoms with Crippen molar-refractivity contribution >= 4 is 66.0 Å². The molecule has 5 heteroatoms. The number of hydrogen-bond acceptors (Lipinski definition) is 4. The molecule has 0 bridgehead atoms. The summed E-state index contributed by atoms with van der Waals surface area (Å²) in [5.74, 6) is 0. The van der Waals surface area contributed by atoms with Crippen LogP contribution in [0.1, 0.15) is 27.7 Å². The maximum Gasteiger partial charge on any atom is 0.495 e. The molecule has 1 fully saturated rings. The third-order valence-electron chi connectivity index (χ3n) is 7.75. The van der Waals surface area contributed by atoms with Gasteiger partial charge >= 0.3 is 7.12 Å². The molecule has 35 heavy (non-hydrogen) atoms. The van der Waals surface area contributed by atoms with Crippen molar-refractivity contribution in [1.29, 1.82) is 0 Å². The Balaban J connectivity index is 1.49. The zero-order valence-corrected chi connectivity index (χ0v) is 21.0. The summed E-state index contributed by atoms with van der Waals surface area (Å²) in [4.78, 5) is 0. The largest absolute Gasteiger partial charge is 0.495 e. The van der Waals surface area contributed by atoms with Gasteiger partial charge in [-0.3, -0.25) is 0 Å². The maximum absolute atomic E-state index is 6.46. The summed E-state index contributed by atoms with van der Waals surface area (Å²) >= 11 is 1.83. The molecular weight excluding hydrogens is 451 g/mol. The van der Waals surface area contributed by atoms with Gasteiger partial charge in [0.2, 0.25) is 0 Å². The minimum absolute atomic E-state index is 0.380. The van der Waals surface area contributed by atoms with Gasteiger partial charge in [0, 0.05) is 36.5 Å². The summed E-state index contributed by atoms with van der Waals surface area (Å²) < 4.78 is 21.6. The van der Waals surface area contributed by atoms with Gasteiger partial charge in [0.1, 0.15) is 11.2 Å². The second-order valence-electron chi connectivity index (χ2n) is 10.4. The third kappa shape index (κ3) is 2.99. The lowest BCUT2D eigenvalue weighted by Crippen LogP contribution is -2.41. The van der Waals surface area contributed by atoms with Gasteiger partial charge in [-0.25, -0.2) is 0 Å². The molecule has 172 valence electrons. The minimum atomic E-state index is -0.397. The molecule has 1 aliphatic rings. The highest BCUT2D eigenvalue weighted by molar-refractivity contribution is 7.26. The summed E-state index contributed by atoms with van der Waals surface area (Å²) in [6.45, 7) is 8.42. The molecule has 0 aliphatic carbocycles. The van der Waals surface area contributed by atoms with Gasteiger partial charge in [0.25, 0.3) is 0 Å². The van der Waals surface area contributed by atoms with E-state index in [2.05, 4.69) is 94.4 Å². The molecule has 3 heterocycles. The van der Waals surface area contributed by atoms with E-state index in [1.807, 2.05) is 23.5 Å². The molecule has 0 unspecified atom stereocenters. The number of para-hydroxylation sites is 1. The van der Waals surface area contributed by atoms with E-state index in [1.54, 1.807) is 0 Å². The maximum atomic E-state index is 6.46. The van der Waals surface area contributed by atoms with Crippen LogP contribution in [0.15, 0.2) is 83.3 Å². The van der Waals surface area contributed by atoms with Gasteiger partial charge in [0.05, 0.1) is 11.2 Å². The minimum Gasteiger partial charge on any atom is -0.456 e. The van der Waals surface area contributed by atoms with Gasteiger partial charge in [-0.1, -0.05) is 60.7 Å². The standard InChI is InChI=1S/C30H25BO3S/c1-29(2)30(3,4)34-31(33-29)22-14-9-17-25-27(22)21-13-7-12-19(28(21)35-25)18-11-8-16-24-26(18)20-10-5-6-15-23(20)32-24/h5-17H,1-4H3. The van der Waals surface area contributed by atoms with Crippen LogP contribution in [-0.2, 0) is 9.31 Å². The van der Waals surface area contributed by atoms with Crippen LogP contribution >= 0.6 is 11.3 Å². The number of furan rings is 1. The van der Waals surface area contributed by atoms with Crippen LogP contribution in [0.25, 0.3) is 53.2 Å². The van der Waals surface area contributed by atoms with Gasteiger partial charge in [0.15, 0.2) is 0 Å². The first-order valence-corrected chi connectivity index (χ1v) is 12.9. The fraction of sp³-hybridized carbons (Fsp3) is 0.200. The first-order valence-electron chi connectivity index (χ1n) is 12.0. The van der Waals surface area contributed by atoms with Crippen LogP contribution in [0.2, 0.25) is 0 Å². The SMILES string of the molecule is CC1(C)OB(c2cccc3sc4c(-c5cccc6oc7ccccc7c56)cccc4c23)OC1(C)C. The average molecular weight is 476 g/mol. The topological polar surface area (TPSA) is 31.6 Å². The van der Waals surface area contributed by atoms with Gasteiger partial charge < -0.3 is 13.7 Å². The lowest BCUT2D eigenvalue weighted by molar-refractivity contribution is 0.00578. The Morgan fingerprint density at radius 3 is 2.11 bits per heavy atom. The lowest BCUT2D eigenvalue weighted by Gasteiger charge is -2.32. The van der Waals surface area contributed by atoms with Gasteiger partial charge in [-0.15, -0.1) is 11.3 Å². The molecule has 0 radical (unpaired) electrons. The Kier molecular flexibility index (Phi) is 4.36. The summed E-state index contributed by atoms with van der Waals surface area (Å²) in [5, 5.41) is 4.77. The highest BCUT2D eigenvalue weighted by Gasteiger charge is 2.52. The van der Waals surface area contributed by atoms with Crippen molar-refractivity contribution in [2.75, 3.05) is 0 Å². The van der Waals surface area contributed by atoms with E-state index in [-0.39, 0.29) is 11.2 Å². The van der Waals surface area contributed by atoms with Gasteiger partial charge in [-0.05, 0) is 56.9 Å². The normalized spacial score (nSPS) is 17.3. The van der Waals surface area contributed by atoms with Crippen LogP contribution in [0.5, 0.6) is 0 Å². The molecule has 0 saturated carbocycles. The molecular formula is C30H25BO3S. The molecule has 0 N–H and O–H groups in total. The second kappa shape index (κ2) is 7.20. The predicted molar refractivity (Wildman–Crippen MR) is 148 cm³/mol. The Morgan fingerprint density at radius 1 is 0.629 bits per heavy atom. The first kappa shape index (κ1) is 21.2. The number of thiophene rings is 1. The lowest BCUT2D eigenvalue weighted by atomic mass is 9.76. The van der Waals surface area contributed by atoms with E-state index < -0.39 is 7.12 Å². The molecule has 0 spiro atoms. The molecule has 0 amide bonds. The third-order valence-corrected chi connectivity index (χ3v) is 8.96. The summed E-state index contributed by atoms with van der Waals surface area (Å²) in [7, 11) is -0.397. The average Bonchev–Trinajstić information content (AvgIpc) is 3.47. The van der Waals surface area contributed by atoms with E-state index in [9.17, 15) is 0 Å². The summed E-state index contributed by atoms with van der Waals surface area (Å²) in [6, 6.07) is 27.7. The Bertz CT molecular complexity index is 1760. The Morgan fingerprint density at radius 2 is 1.29 bits per heavy atom. The van der Waals surface area contributed by atoms with Crippen LogP contribution < -0.4 is 5.46 Å². The van der Waals surface area contributed by atoms with Crippen LogP contribution in [-0.4, -0.2) is 18.3 Å². The summed E-state index contributed by atoms with van der Waals surface area (Å²) in [6.07, 6.45) is 0. The fourth-order valence-electron chi connectivity index (χ4n) is 5.25. The van der Waals surface area contributed by atoms with Crippen molar-refractivity contribution < 1.29 is 13.7 Å². The van der Waals surface area contributed by atoms with Crippen molar-refractivity contribution in [3.05, 3.63) is 78.9 Å². The smallest absolute Gasteiger partial charge is 0.456 e. The van der Waals surface area contributed by atoms with E-state index >= 15 is 0 Å². The molecule has 0 atom stereocenters. The van der Waals surface area contributed by atoms with E-state index in [4.69, 9.17) is 13.7 Å². The molecule has 2 aromatic heterocycles. The van der Waals surface area contributed by atoms with E-state index in [0.29, 0.717) is 0 Å². The van der Waals surface area contributed by atoms with Crippen molar-refractivity contribution in [3.8, 4) is 11.1 Å². The monoisotopic (exact) mass is 476 g/mol. The molecule has 1 aliphatic heterocycles. The Hall–Kier alpha value is -3.12. The zero-order chi connectivity index (χ0) is 23.9. The molecule has 1 saturated heterocycles. The molecule has 3 nitrogen and oxygen atoms in total. The first-order chi connectivity index (χ1) is 16.8. The van der Waals surface area contributed by atoms with Gasteiger partial charge in [-0.2, -0.15) is 0 Å². The Labute approximate surface area is 208 Å². The van der Waals surface area contributed by atoms with Crippen LogP contribution in [0, 0.1) is 0 Å². The summed E-state index contributed by atoms with van der Waals surface area (Å²) in [5.41, 5.74) is 4.59. The highest BCUT2D eigenvalue weighted by Crippen LogP contribution is 2.44. The fourth-order valence-corrected chi connectivity index (χ4v) is 6.52. The van der Waals surface area contributed by atoms with Crippen molar-refractivity contribution in [2.45, 2.75) is 38.9 Å². The number of benzene rings is 4. The number of fused-ring (bicyclic) bond motifs is 6. The predicted octanol–water partition coefficient (Wildman–Crippen LogP) is 7.92. The highest BCUT2D eigenvalue weighted by atomic mass is 32.1. The number of hydrogen-bond donors (Lipinski definition) is 0. The molecule has 6 aromatic rings. The number of rotatable bonds is 2. The zero-order valence-electron chi connectivity index (χ0n) is 20.2. The van der Waals surface area contributed by atoms with Crippen molar-refractivity contribution in [1.82, 2.24) is 0 Å². The second-order valence-corrected chi connectivity index (χ2v) is 11.4. The van der Waals surface area contributed by atoms with Crippen LogP contribution in [0.4, 0.5) is 0 Å². The van der Waals surface area contributed by atoms with Crippen LogP contribution in [0.3, 0.4) is 0 Å². The van der Waals surface area contributed by atoms with E-state index in [1.165, 1.54) is 36.7 Å². The van der Waals surface area contributed by atoms with Crippen molar-refractivity contribution in [2.24, 2.45) is 0 Å². The quantitative estimate of drug-likeness (QED) is 0.238.